The van der Waals surface area contributed by atoms with E-state index in [9.17, 15) is 0 Å². The van der Waals surface area contributed by atoms with Gasteiger partial charge in [0.15, 0.2) is 0 Å². The Labute approximate surface area is 130 Å². The maximum atomic E-state index is 4.42. The Morgan fingerprint density at radius 2 is 2.29 bits per heavy atom. The minimum absolute atomic E-state index is 0.721. The fourth-order valence-electron chi connectivity index (χ4n) is 3.03. The van der Waals surface area contributed by atoms with E-state index in [1.807, 2.05) is 0 Å². The van der Waals surface area contributed by atoms with E-state index in [1.165, 1.54) is 36.1 Å². The first-order chi connectivity index (χ1) is 10.3. The molecule has 1 aliphatic heterocycles. The average molecular weight is 304 g/mol. The highest BCUT2D eigenvalue weighted by molar-refractivity contribution is 7.18. The first-order valence-electron chi connectivity index (χ1n) is 7.99. The van der Waals surface area contributed by atoms with Gasteiger partial charge in [-0.2, -0.15) is 0 Å². The molecule has 1 saturated heterocycles. The van der Waals surface area contributed by atoms with E-state index in [0.717, 1.165) is 36.2 Å². The molecule has 114 valence electrons. The zero-order chi connectivity index (χ0) is 14.7. The minimum atomic E-state index is 0.721. The topological polar surface area (TPSA) is 41.0 Å². The van der Waals surface area contributed by atoms with E-state index in [-0.39, 0.29) is 0 Å². The molecule has 2 aromatic rings. The number of thiophene rings is 1. The van der Waals surface area contributed by atoms with Crippen molar-refractivity contribution in [1.29, 1.82) is 0 Å². The van der Waals surface area contributed by atoms with Crippen molar-refractivity contribution in [3.63, 3.8) is 0 Å². The molecule has 3 rings (SSSR count). The van der Waals surface area contributed by atoms with Crippen molar-refractivity contribution in [2.45, 2.75) is 45.6 Å². The summed E-state index contributed by atoms with van der Waals surface area (Å²) >= 11 is 1.77. The molecule has 5 heteroatoms. The smallest absolute Gasteiger partial charge is 0.138 e. The molecule has 0 saturated carbocycles. The highest BCUT2D eigenvalue weighted by Gasteiger charge is 2.17. The van der Waals surface area contributed by atoms with Gasteiger partial charge in [-0.3, -0.25) is 4.90 Å². The van der Waals surface area contributed by atoms with Crippen molar-refractivity contribution in [2.75, 3.05) is 25.0 Å². The number of aryl methyl sites for hydroxylation is 1. The second-order valence-electron chi connectivity index (χ2n) is 5.81. The van der Waals surface area contributed by atoms with Crippen molar-refractivity contribution in [3.8, 4) is 0 Å². The van der Waals surface area contributed by atoms with E-state index in [4.69, 9.17) is 0 Å². The Bertz CT molecular complexity index is 595. The van der Waals surface area contributed by atoms with Gasteiger partial charge in [-0.05, 0) is 38.8 Å². The third kappa shape index (κ3) is 3.35. The first kappa shape index (κ1) is 14.7. The van der Waals surface area contributed by atoms with Crippen LogP contribution in [0.4, 0.5) is 5.82 Å². The van der Waals surface area contributed by atoms with Crippen LogP contribution < -0.4 is 5.32 Å². The molecule has 1 atom stereocenters. The predicted octanol–water partition coefficient (Wildman–Crippen LogP) is 3.54. The summed E-state index contributed by atoms with van der Waals surface area (Å²) in [6, 6.07) is 2.95. The number of likely N-dealkylation sites (tertiary alicyclic amines) is 1. The van der Waals surface area contributed by atoms with E-state index >= 15 is 0 Å². The summed E-state index contributed by atoms with van der Waals surface area (Å²) in [7, 11) is 0. The van der Waals surface area contributed by atoms with E-state index < -0.39 is 0 Å². The van der Waals surface area contributed by atoms with Crippen LogP contribution in [-0.4, -0.2) is 40.5 Å². The van der Waals surface area contributed by atoms with E-state index in [0.29, 0.717) is 0 Å². The van der Waals surface area contributed by atoms with Gasteiger partial charge in [0.2, 0.25) is 0 Å². The third-order valence-electron chi connectivity index (χ3n) is 4.36. The summed E-state index contributed by atoms with van der Waals surface area (Å²) in [4.78, 5) is 13.8. The molecule has 1 aliphatic rings. The minimum Gasteiger partial charge on any atom is -0.368 e. The lowest BCUT2D eigenvalue weighted by Crippen LogP contribution is -2.40. The SMILES string of the molecule is CCc1cc2c(NCCN3CCCCC3C)ncnc2s1. The van der Waals surface area contributed by atoms with Gasteiger partial charge in [-0.15, -0.1) is 11.3 Å². The summed E-state index contributed by atoms with van der Waals surface area (Å²) in [5, 5.41) is 4.68. The first-order valence-corrected chi connectivity index (χ1v) is 8.81. The lowest BCUT2D eigenvalue weighted by molar-refractivity contribution is 0.167. The van der Waals surface area contributed by atoms with Gasteiger partial charge in [-0.25, -0.2) is 9.97 Å². The maximum absolute atomic E-state index is 4.42. The summed E-state index contributed by atoms with van der Waals surface area (Å²) in [6.45, 7) is 7.81. The molecular formula is C16H24N4S. The molecule has 0 aromatic carbocycles. The van der Waals surface area contributed by atoms with E-state index in [1.54, 1.807) is 17.7 Å². The van der Waals surface area contributed by atoms with Gasteiger partial charge < -0.3 is 5.32 Å². The van der Waals surface area contributed by atoms with Crippen LogP contribution in [0.3, 0.4) is 0 Å². The average Bonchev–Trinajstić information content (AvgIpc) is 2.93. The number of hydrogen-bond acceptors (Lipinski definition) is 5. The Balaban J connectivity index is 1.63. The third-order valence-corrected chi connectivity index (χ3v) is 5.55. The fourth-order valence-corrected chi connectivity index (χ4v) is 3.96. The van der Waals surface area contributed by atoms with Crippen molar-refractivity contribution >= 4 is 27.4 Å². The molecule has 21 heavy (non-hydrogen) atoms. The van der Waals surface area contributed by atoms with Gasteiger partial charge in [0.1, 0.15) is 17.0 Å². The fraction of sp³-hybridized carbons (Fsp3) is 0.625. The zero-order valence-electron chi connectivity index (χ0n) is 12.9. The molecule has 3 heterocycles. The van der Waals surface area contributed by atoms with Gasteiger partial charge >= 0.3 is 0 Å². The van der Waals surface area contributed by atoms with Crippen LogP contribution in [0.1, 0.15) is 38.0 Å². The largest absolute Gasteiger partial charge is 0.368 e. The van der Waals surface area contributed by atoms with Crippen LogP contribution >= 0.6 is 11.3 Å². The maximum Gasteiger partial charge on any atom is 0.138 e. The predicted molar refractivity (Wildman–Crippen MR) is 90.2 cm³/mol. The van der Waals surface area contributed by atoms with Crippen LogP contribution in [0.15, 0.2) is 12.4 Å². The van der Waals surface area contributed by atoms with Gasteiger partial charge in [0.05, 0.1) is 5.39 Å². The molecule has 0 amide bonds. The van der Waals surface area contributed by atoms with Crippen molar-refractivity contribution < 1.29 is 0 Å². The second kappa shape index (κ2) is 6.71. The summed E-state index contributed by atoms with van der Waals surface area (Å²) < 4.78 is 0. The number of aromatic nitrogens is 2. The normalized spacial score (nSPS) is 20.0. The van der Waals surface area contributed by atoms with Crippen molar-refractivity contribution in [1.82, 2.24) is 14.9 Å². The Morgan fingerprint density at radius 1 is 1.38 bits per heavy atom. The monoisotopic (exact) mass is 304 g/mol. The quantitative estimate of drug-likeness (QED) is 0.917. The molecular weight excluding hydrogens is 280 g/mol. The Hall–Kier alpha value is -1.20. The van der Waals surface area contributed by atoms with Crippen LogP contribution in [0.5, 0.6) is 0 Å². The second-order valence-corrected chi connectivity index (χ2v) is 6.93. The highest BCUT2D eigenvalue weighted by atomic mass is 32.1. The van der Waals surface area contributed by atoms with Gasteiger partial charge in [0.25, 0.3) is 0 Å². The molecule has 0 aliphatic carbocycles. The standard InChI is InChI=1S/C16H24N4S/c1-3-13-10-14-15(18-11-19-16(14)21-13)17-7-9-20-8-5-4-6-12(20)2/h10-12H,3-9H2,1-2H3,(H,17,18,19). The van der Waals surface area contributed by atoms with Crippen LogP contribution in [0.25, 0.3) is 10.2 Å². The van der Waals surface area contributed by atoms with Gasteiger partial charge in [0, 0.05) is 24.0 Å². The number of fused-ring (bicyclic) bond motifs is 1. The van der Waals surface area contributed by atoms with Crippen LogP contribution in [-0.2, 0) is 6.42 Å². The molecule has 0 bridgehead atoms. The van der Waals surface area contributed by atoms with E-state index in [2.05, 4.69) is 40.1 Å². The number of anilines is 1. The molecule has 1 fully saturated rings. The Morgan fingerprint density at radius 3 is 3.10 bits per heavy atom. The lowest BCUT2D eigenvalue weighted by atomic mass is 10.0. The number of nitrogens with zero attached hydrogens (tertiary/aromatic N) is 3. The molecule has 0 spiro atoms. The molecule has 4 nitrogen and oxygen atoms in total. The molecule has 1 N–H and O–H groups in total. The highest BCUT2D eigenvalue weighted by Crippen LogP contribution is 2.28. The van der Waals surface area contributed by atoms with Crippen LogP contribution in [0, 0.1) is 0 Å². The molecule has 1 unspecified atom stereocenters. The number of piperidine rings is 1. The van der Waals surface area contributed by atoms with Crippen molar-refractivity contribution in [3.05, 3.63) is 17.3 Å². The Kier molecular flexibility index (Phi) is 4.70. The number of nitrogens with one attached hydrogen (secondary N) is 1. The summed E-state index contributed by atoms with van der Waals surface area (Å²) in [5.41, 5.74) is 0. The lowest BCUT2D eigenvalue weighted by Gasteiger charge is -2.33. The number of hydrogen-bond donors (Lipinski definition) is 1. The number of rotatable bonds is 5. The van der Waals surface area contributed by atoms with Gasteiger partial charge in [-0.1, -0.05) is 13.3 Å². The van der Waals surface area contributed by atoms with Crippen molar-refractivity contribution in [2.24, 2.45) is 0 Å². The zero-order valence-corrected chi connectivity index (χ0v) is 13.7. The van der Waals surface area contributed by atoms with Crippen LogP contribution in [0.2, 0.25) is 0 Å². The molecule has 0 radical (unpaired) electrons. The molecule has 2 aromatic heterocycles. The summed E-state index contributed by atoms with van der Waals surface area (Å²) in [6.07, 6.45) is 6.79. The summed E-state index contributed by atoms with van der Waals surface area (Å²) in [5.74, 6) is 0.987.